The van der Waals surface area contributed by atoms with Crippen LogP contribution in [0.4, 0.5) is 5.13 Å². The highest BCUT2D eigenvalue weighted by Crippen LogP contribution is 2.32. The fourth-order valence-corrected chi connectivity index (χ4v) is 3.45. The number of thiazole rings is 1. The first-order valence-electron chi connectivity index (χ1n) is 7.79. The lowest BCUT2D eigenvalue weighted by molar-refractivity contribution is -0.136. The van der Waals surface area contributed by atoms with Crippen molar-refractivity contribution in [2.75, 3.05) is 12.4 Å². The number of aliphatic carboxylic acids is 1. The lowest BCUT2D eigenvalue weighted by Crippen LogP contribution is -2.12. The third kappa shape index (κ3) is 3.89. The summed E-state index contributed by atoms with van der Waals surface area (Å²) in [5.41, 5.74) is 1.75. The van der Waals surface area contributed by atoms with E-state index in [1.165, 1.54) is 7.11 Å². The molecule has 1 aromatic heterocycles. The molecule has 0 bridgehead atoms. The normalized spacial score (nSPS) is 10.3. The third-order valence-corrected chi connectivity index (χ3v) is 4.60. The molecule has 6 nitrogen and oxygen atoms in total. The molecule has 0 fully saturated rings. The maximum absolute atomic E-state index is 12.5. The summed E-state index contributed by atoms with van der Waals surface area (Å²) in [6, 6.07) is 16.1. The molecular weight excluding hydrogens is 352 g/mol. The van der Waals surface area contributed by atoms with E-state index in [1.807, 2.05) is 30.3 Å². The smallest absolute Gasteiger partial charge is 0.308 e. The Bertz CT molecular complexity index is 938. The molecule has 1 heterocycles. The van der Waals surface area contributed by atoms with Crippen LogP contribution in [0.3, 0.4) is 0 Å². The van der Waals surface area contributed by atoms with Gasteiger partial charge in [0.25, 0.3) is 5.91 Å². The number of hydrogen-bond acceptors (Lipinski definition) is 5. The number of aromatic nitrogens is 1. The number of benzene rings is 2. The highest BCUT2D eigenvalue weighted by Gasteiger charge is 2.18. The van der Waals surface area contributed by atoms with Crippen LogP contribution >= 0.6 is 11.3 Å². The molecule has 132 valence electrons. The molecule has 3 aromatic rings. The lowest BCUT2D eigenvalue weighted by atomic mass is 10.1. The van der Waals surface area contributed by atoms with Crippen LogP contribution in [-0.2, 0) is 11.2 Å². The number of nitrogens with zero attached hydrogens (tertiary/aromatic N) is 1. The summed E-state index contributed by atoms with van der Waals surface area (Å²) in [6.07, 6.45) is -0.160. The number of anilines is 1. The van der Waals surface area contributed by atoms with Crippen LogP contribution < -0.4 is 10.1 Å². The minimum atomic E-state index is -0.951. The van der Waals surface area contributed by atoms with Crippen LogP contribution in [0.15, 0.2) is 54.6 Å². The van der Waals surface area contributed by atoms with Gasteiger partial charge >= 0.3 is 5.97 Å². The monoisotopic (exact) mass is 368 g/mol. The molecule has 0 saturated carbocycles. The van der Waals surface area contributed by atoms with Crippen LogP contribution in [0.2, 0.25) is 0 Å². The number of hydrogen-bond donors (Lipinski definition) is 2. The van der Waals surface area contributed by atoms with Gasteiger partial charge in [0.1, 0.15) is 5.75 Å². The van der Waals surface area contributed by atoms with Crippen molar-refractivity contribution in [3.05, 3.63) is 65.0 Å². The standard InChI is InChI=1S/C19H16N2O4S/c1-25-14-10-6-5-9-13(14)18(24)21-19-20-17(12-7-3-2-4-8-12)15(26-19)11-16(22)23/h2-10H,11H2,1H3,(H,22,23)(H,20,21,24). The average molecular weight is 368 g/mol. The van der Waals surface area contributed by atoms with Crippen molar-refractivity contribution in [2.24, 2.45) is 0 Å². The van der Waals surface area contributed by atoms with Crippen molar-refractivity contribution in [3.8, 4) is 17.0 Å². The number of ether oxygens (including phenoxy) is 1. The minimum Gasteiger partial charge on any atom is -0.496 e. The van der Waals surface area contributed by atoms with Crippen LogP contribution in [0.25, 0.3) is 11.3 Å². The number of para-hydroxylation sites is 1. The molecule has 0 aliphatic rings. The average Bonchev–Trinajstić information content (AvgIpc) is 3.03. The first kappa shape index (κ1) is 17.6. The Balaban J connectivity index is 1.92. The Morgan fingerprint density at radius 3 is 2.50 bits per heavy atom. The minimum absolute atomic E-state index is 0.160. The molecule has 1 amide bonds. The van der Waals surface area contributed by atoms with Crippen LogP contribution in [0, 0.1) is 0 Å². The number of rotatable bonds is 6. The fourth-order valence-electron chi connectivity index (χ4n) is 2.48. The zero-order valence-electron chi connectivity index (χ0n) is 13.9. The summed E-state index contributed by atoms with van der Waals surface area (Å²) < 4.78 is 5.20. The molecule has 3 rings (SSSR count). The van der Waals surface area contributed by atoms with E-state index in [1.54, 1.807) is 24.3 Å². The Morgan fingerprint density at radius 1 is 1.12 bits per heavy atom. The molecule has 0 aliphatic heterocycles. The largest absolute Gasteiger partial charge is 0.496 e. The SMILES string of the molecule is COc1ccccc1C(=O)Nc1nc(-c2ccccc2)c(CC(=O)O)s1. The molecule has 0 atom stereocenters. The van der Waals surface area contributed by atoms with Gasteiger partial charge in [-0.05, 0) is 12.1 Å². The van der Waals surface area contributed by atoms with Gasteiger partial charge < -0.3 is 9.84 Å². The maximum Gasteiger partial charge on any atom is 0.308 e. The van der Waals surface area contributed by atoms with Crippen molar-refractivity contribution in [1.82, 2.24) is 4.98 Å². The van der Waals surface area contributed by atoms with Gasteiger partial charge in [0, 0.05) is 10.4 Å². The molecular formula is C19H16N2O4S. The predicted molar refractivity (Wildman–Crippen MR) is 99.8 cm³/mol. The maximum atomic E-state index is 12.5. The second-order valence-electron chi connectivity index (χ2n) is 5.38. The number of nitrogens with one attached hydrogen (secondary N) is 1. The number of methoxy groups -OCH3 is 1. The molecule has 0 spiro atoms. The van der Waals surface area contributed by atoms with E-state index >= 15 is 0 Å². The molecule has 0 unspecified atom stereocenters. The van der Waals surface area contributed by atoms with E-state index < -0.39 is 5.97 Å². The number of carboxylic acid groups (broad SMARTS) is 1. The molecule has 26 heavy (non-hydrogen) atoms. The topological polar surface area (TPSA) is 88.5 Å². The Hall–Kier alpha value is -3.19. The van der Waals surface area contributed by atoms with Crippen LogP contribution in [0.5, 0.6) is 5.75 Å². The second kappa shape index (κ2) is 7.79. The van der Waals surface area contributed by atoms with Gasteiger partial charge in [-0.2, -0.15) is 0 Å². The highest BCUT2D eigenvalue weighted by molar-refractivity contribution is 7.16. The van der Waals surface area contributed by atoms with Crippen molar-refractivity contribution in [2.45, 2.75) is 6.42 Å². The summed E-state index contributed by atoms with van der Waals surface area (Å²) >= 11 is 1.15. The van der Waals surface area contributed by atoms with Crippen LogP contribution in [0.1, 0.15) is 15.2 Å². The van der Waals surface area contributed by atoms with Gasteiger partial charge in [-0.25, -0.2) is 4.98 Å². The molecule has 0 saturated heterocycles. The van der Waals surface area contributed by atoms with Gasteiger partial charge in [0.05, 0.1) is 24.8 Å². The molecule has 0 radical (unpaired) electrons. The molecule has 2 aromatic carbocycles. The number of carbonyl (C=O) groups is 2. The van der Waals surface area contributed by atoms with Crippen LogP contribution in [-0.4, -0.2) is 29.1 Å². The number of carbonyl (C=O) groups excluding carboxylic acids is 1. The van der Waals surface area contributed by atoms with Crippen molar-refractivity contribution >= 4 is 28.3 Å². The van der Waals surface area contributed by atoms with Crippen molar-refractivity contribution < 1.29 is 19.4 Å². The van der Waals surface area contributed by atoms with E-state index in [2.05, 4.69) is 10.3 Å². The highest BCUT2D eigenvalue weighted by atomic mass is 32.1. The predicted octanol–water partition coefficient (Wildman–Crippen LogP) is 3.70. The van der Waals surface area contributed by atoms with E-state index in [4.69, 9.17) is 9.84 Å². The Labute approximate surface area is 154 Å². The lowest BCUT2D eigenvalue weighted by Gasteiger charge is -2.07. The zero-order chi connectivity index (χ0) is 18.5. The van der Waals surface area contributed by atoms with E-state index in [0.29, 0.717) is 27.0 Å². The number of carboxylic acids is 1. The van der Waals surface area contributed by atoms with Gasteiger partial charge in [0.15, 0.2) is 5.13 Å². The molecule has 0 aliphatic carbocycles. The van der Waals surface area contributed by atoms with E-state index in [0.717, 1.165) is 16.9 Å². The number of amides is 1. The second-order valence-corrected chi connectivity index (χ2v) is 6.47. The Morgan fingerprint density at radius 2 is 1.81 bits per heavy atom. The van der Waals surface area contributed by atoms with Crippen molar-refractivity contribution in [1.29, 1.82) is 0 Å². The zero-order valence-corrected chi connectivity index (χ0v) is 14.7. The quantitative estimate of drug-likeness (QED) is 0.693. The first-order valence-corrected chi connectivity index (χ1v) is 8.61. The fraction of sp³-hybridized carbons (Fsp3) is 0.105. The summed E-state index contributed by atoms with van der Waals surface area (Å²) in [7, 11) is 1.49. The van der Waals surface area contributed by atoms with Gasteiger partial charge in [-0.15, -0.1) is 11.3 Å². The van der Waals surface area contributed by atoms with Gasteiger partial charge in [0.2, 0.25) is 0 Å². The molecule has 2 N–H and O–H groups in total. The first-order chi connectivity index (χ1) is 12.6. The van der Waals surface area contributed by atoms with Crippen molar-refractivity contribution in [3.63, 3.8) is 0 Å². The van der Waals surface area contributed by atoms with Gasteiger partial charge in [-0.1, -0.05) is 42.5 Å². The van der Waals surface area contributed by atoms with E-state index in [-0.39, 0.29) is 12.3 Å². The van der Waals surface area contributed by atoms with Gasteiger partial charge in [-0.3, -0.25) is 14.9 Å². The summed E-state index contributed by atoms with van der Waals surface area (Å²) in [5.74, 6) is -0.860. The third-order valence-electron chi connectivity index (χ3n) is 3.63. The Kier molecular flexibility index (Phi) is 5.28. The van der Waals surface area contributed by atoms with E-state index in [9.17, 15) is 9.59 Å². The summed E-state index contributed by atoms with van der Waals surface area (Å²) in [4.78, 5) is 28.7. The summed E-state index contributed by atoms with van der Waals surface area (Å²) in [5, 5.41) is 12.2. The molecule has 7 heteroatoms. The summed E-state index contributed by atoms with van der Waals surface area (Å²) in [6.45, 7) is 0.